The minimum Gasteiger partial charge on any atom is -0.546 e. The topological polar surface area (TPSA) is 331 Å². The molecule has 24 heteroatoms. The van der Waals surface area contributed by atoms with Crippen molar-refractivity contribution in [2.45, 2.75) is 90.3 Å². The summed E-state index contributed by atoms with van der Waals surface area (Å²) in [4.78, 5) is 90.6. The van der Waals surface area contributed by atoms with E-state index in [-0.39, 0.29) is 64.5 Å². The van der Waals surface area contributed by atoms with Crippen LogP contribution in [-0.4, -0.2) is 132 Å². The van der Waals surface area contributed by atoms with Crippen LogP contribution in [0.25, 0.3) is 0 Å². The lowest BCUT2D eigenvalue weighted by Crippen LogP contribution is -2.52. The van der Waals surface area contributed by atoms with Crippen LogP contribution >= 0.6 is 23.2 Å². The van der Waals surface area contributed by atoms with Crippen molar-refractivity contribution in [1.82, 2.24) is 10.6 Å². The van der Waals surface area contributed by atoms with Gasteiger partial charge in [0.05, 0.1) is 90.4 Å². The summed E-state index contributed by atoms with van der Waals surface area (Å²) in [7, 11) is 2.65. The number of carbonyl (C=O) groups is 8. The van der Waals surface area contributed by atoms with E-state index in [4.69, 9.17) is 62.5 Å². The Morgan fingerprint density at radius 2 is 1.12 bits per heavy atom. The number of carboxylic acid groups (broad SMARTS) is 2. The maximum atomic E-state index is 12.7. The number of ether oxygens (including phenoxy) is 8. The fraction of sp³-hybridized carbons (Fsp3) is 0.462. The summed E-state index contributed by atoms with van der Waals surface area (Å²) in [5.41, 5.74) is 15.5. The first kappa shape index (κ1) is 63.5. The molecule has 2 saturated heterocycles. The van der Waals surface area contributed by atoms with Crippen molar-refractivity contribution >= 4 is 71.0 Å². The van der Waals surface area contributed by atoms with Crippen LogP contribution in [0.1, 0.15) is 89.2 Å². The summed E-state index contributed by atoms with van der Waals surface area (Å²) in [6, 6.07) is 14.5. The van der Waals surface area contributed by atoms with Crippen molar-refractivity contribution < 1.29 is 92.2 Å². The number of hydrogen-bond acceptors (Lipinski definition) is 20. The molecule has 4 atom stereocenters. The molecule has 2 aromatic carbocycles. The number of benzene rings is 2. The van der Waals surface area contributed by atoms with Gasteiger partial charge in [-0.1, -0.05) is 59.6 Å². The van der Waals surface area contributed by atoms with Crippen LogP contribution in [0.2, 0.25) is 10.0 Å². The average Bonchev–Trinajstić information content (AvgIpc) is 4.04. The molecule has 0 spiro atoms. The van der Waals surface area contributed by atoms with Gasteiger partial charge in [-0.05, 0) is 62.1 Å². The predicted octanol–water partition coefficient (Wildman–Crippen LogP) is 2.81. The first-order valence-corrected chi connectivity index (χ1v) is 24.9. The molecule has 4 aliphatic heterocycles. The second-order valence-electron chi connectivity index (χ2n) is 16.6. The number of hydrogen-bond donors (Lipinski definition) is 5. The number of cyclic esters (lactones) is 2. The van der Waals surface area contributed by atoms with Crippen LogP contribution in [0, 0.1) is 0 Å². The second-order valence-corrected chi connectivity index (χ2v) is 17.4. The zero-order chi connectivity index (χ0) is 56.5. The number of quaternary nitrogens is 1. The van der Waals surface area contributed by atoms with Crippen molar-refractivity contribution in [1.29, 1.82) is 0 Å². The van der Waals surface area contributed by atoms with E-state index >= 15 is 0 Å². The Bertz CT molecular complexity index is 2370. The van der Waals surface area contributed by atoms with Gasteiger partial charge in [-0.25, -0.2) is 14.4 Å². The Kier molecular flexibility index (Phi) is 27.2. The lowest BCUT2D eigenvalue weighted by atomic mass is 9.79. The van der Waals surface area contributed by atoms with Gasteiger partial charge >= 0.3 is 41.8 Å². The van der Waals surface area contributed by atoms with Crippen LogP contribution in [-0.2, 0) is 76.3 Å². The molecular weight excluding hydrogens is 1040 g/mol. The van der Waals surface area contributed by atoms with E-state index in [1.807, 2.05) is 30.3 Å². The molecule has 0 bridgehead atoms. The Morgan fingerprint density at radius 3 is 1.42 bits per heavy atom. The van der Waals surface area contributed by atoms with E-state index in [1.165, 1.54) is 14.2 Å². The predicted molar refractivity (Wildman–Crippen MR) is 270 cm³/mol. The number of carbonyl (C=O) groups excluding carboxylic acids is 7. The number of esters is 6. The Labute approximate surface area is 449 Å². The number of nitrogens with two attached hydrogens (primary N) is 1. The van der Waals surface area contributed by atoms with Gasteiger partial charge in [0.25, 0.3) is 0 Å². The van der Waals surface area contributed by atoms with E-state index in [2.05, 4.69) is 25.8 Å². The molecule has 416 valence electrons. The standard InChI is InChI=1S/2C21H27ClN2O5.2C5H6O4/c2*1-4-29-18(25)11-15-17(12-28-10-9-23)24-13(2)19(21(26)27-3)20(15)14-7-5-6-8-16(14)22;2*6-4-2-1-3(9-4)5(7)8/h2*5-8,20,24H,4,9-12,23H2,1-3H3;2*3H,1-2H2,(H,7,8). The third-order valence-corrected chi connectivity index (χ3v) is 12.1. The largest absolute Gasteiger partial charge is 0.546 e. The Balaban J connectivity index is 0.000000301. The Hall–Kier alpha value is -6.82. The summed E-state index contributed by atoms with van der Waals surface area (Å²) in [6.07, 6.45) is -0.931. The van der Waals surface area contributed by atoms with Crippen LogP contribution in [0.4, 0.5) is 0 Å². The molecule has 76 heavy (non-hydrogen) atoms. The van der Waals surface area contributed by atoms with E-state index in [1.54, 1.807) is 45.9 Å². The first-order chi connectivity index (χ1) is 36.3. The second kappa shape index (κ2) is 32.6. The van der Waals surface area contributed by atoms with E-state index < -0.39 is 65.8 Å². The van der Waals surface area contributed by atoms with Gasteiger partial charge in [0.2, 0.25) is 0 Å². The third-order valence-electron chi connectivity index (χ3n) is 11.4. The highest BCUT2D eigenvalue weighted by Gasteiger charge is 2.38. The molecule has 4 unspecified atom stereocenters. The van der Waals surface area contributed by atoms with Crippen LogP contribution < -0.4 is 27.2 Å². The number of aliphatic carboxylic acids is 2. The maximum Gasteiger partial charge on any atom is 0.345 e. The van der Waals surface area contributed by atoms with Crippen molar-refractivity contribution in [3.8, 4) is 0 Å². The fourth-order valence-electron chi connectivity index (χ4n) is 8.08. The van der Waals surface area contributed by atoms with Crippen molar-refractivity contribution in [3.05, 3.63) is 115 Å². The summed E-state index contributed by atoms with van der Waals surface area (Å²) in [6.45, 7) is 9.87. The van der Waals surface area contributed by atoms with Gasteiger partial charge in [0.15, 0.2) is 6.10 Å². The minimum atomic E-state index is -1.30. The van der Waals surface area contributed by atoms with Gasteiger partial charge in [-0.2, -0.15) is 0 Å². The zero-order valence-corrected chi connectivity index (χ0v) is 44.8. The Morgan fingerprint density at radius 1 is 0.711 bits per heavy atom. The highest BCUT2D eigenvalue weighted by atomic mass is 35.5. The van der Waals surface area contributed by atoms with Crippen LogP contribution in [0.15, 0.2) is 93.6 Å². The van der Waals surface area contributed by atoms with Gasteiger partial charge in [0.1, 0.15) is 6.10 Å². The van der Waals surface area contributed by atoms with Crippen molar-refractivity contribution in [2.24, 2.45) is 5.73 Å². The summed E-state index contributed by atoms with van der Waals surface area (Å²) in [5, 5.41) is 25.6. The molecule has 2 aromatic rings. The number of halogens is 2. The van der Waals surface area contributed by atoms with E-state index in [0.29, 0.717) is 99.0 Å². The highest BCUT2D eigenvalue weighted by molar-refractivity contribution is 6.32. The zero-order valence-electron chi connectivity index (χ0n) is 43.3. The van der Waals surface area contributed by atoms with Crippen LogP contribution in [0.5, 0.6) is 0 Å². The smallest absolute Gasteiger partial charge is 0.345 e. The quantitative estimate of drug-likeness (QED) is 0.0723. The van der Waals surface area contributed by atoms with Gasteiger partial charge in [-0.15, -0.1) is 0 Å². The maximum absolute atomic E-state index is 12.7. The summed E-state index contributed by atoms with van der Waals surface area (Å²) < 4.78 is 40.4. The number of rotatable bonds is 20. The minimum absolute atomic E-state index is 0.00638. The van der Waals surface area contributed by atoms with E-state index in [9.17, 15) is 43.5 Å². The molecule has 0 aromatic heterocycles. The van der Waals surface area contributed by atoms with Crippen molar-refractivity contribution in [2.75, 3.05) is 67.0 Å². The van der Waals surface area contributed by atoms with Gasteiger partial charge in [0, 0.05) is 76.9 Å². The molecule has 6 rings (SSSR count). The van der Waals surface area contributed by atoms with Gasteiger partial charge in [-0.3, -0.25) is 19.2 Å². The molecule has 22 nitrogen and oxygen atoms in total. The molecule has 4 heterocycles. The number of methoxy groups -OCH3 is 2. The molecule has 2 fully saturated rings. The van der Waals surface area contributed by atoms with Gasteiger partial charge < -0.3 is 75.0 Å². The molecule has 0 radical (unpaired) electrons. The number of allylic oxidation sites excluding steroid dienone is 2. The average molecular weight is 1110 g/mol. The lowest BCUT2D eigenvalue weighted by Gasteiger charge is -2.32. The highest BCUT2D eigenvalue weighted by Crippen LogP contribution is 2.44. The fourth-order valence-corrected chi connectivity index (χ4v) is 8.57. The SMILES string of the molecule is CCOC(=O)CC1=C(COCCN)NC(C)=C(C(=O)OC)C1c1ccccc1Cl.CCOC(=O)CC1=C(COCC[NH3+])NC(C)=C(C(=O)OC)C1c1ccccc1Cl.O=C1CCC(C(=O)O)O1.O=C1CCC(C(=O)[O-])O1. The molecule has 0 saturated carbocycles. The van der Waals surface area contributed by atoms with Crippen molar-refractivity contribution in [3.63, 3.8) is 0 Å². The third kappa shape index (κ3) is 18.8. The normalized spacial score (nSPS) is 18.7. The molecular formula is C52H66Cl2N4O18. The monoisotopic (exact) mass is 1100 g/mol. The summed E-state index contributed by atoms with van der Waals surface area (Å²) in [5.74, 6) is -6.13. The number of nitrogens with one attached hydrogen (secondary N) is 2. The summed E-state index contributed by atoms with van der Waals surface area (Å²) >= 11 is 13.0. The molecule has 8 N–H and O–H groups in total. The number of dihydropyridines is 2. The lowest BCUT2D eigenvalue weighted by molar-refractivity contribution is -0.373. The molecule has 0 amide bonds. The molecule has 4 aliphatic rings. The first-order valence-electron chi connectivity index (χ1n) is 24.1. The van der Waals surface area contributed by atoms with Crippen LogP contribution in [0.3, 0.4) is 0 Å². The molecule has 0 aliphatic carbocycles. The van der Waals surface area contributed by atoms with E-state index in [0.717, 1.165) is 0 Å². The number of carboxylic acids is 2.